The number of hydrogen-bond acceptors (Lipinski definition) is 3. The van der Waals surface area contributed by atoms with Crippen LogP contribution < -0.4 is 0 Å². The first-order chi connectivity index (χ1) is 10.2. The Morgan fingerprint density at radius 1 is 1.00 bits per heavy atom. The molecule has 0 aliphatic rings. The van der Waals surface area contributed by atoms with Gasteiger partial charge >= 0.3 is 5.97 Å². The summed E-state index contributed by atoms with van der Waals surface area (Å²) in [5.74, 6) is 5.56. The maximum atomic E-state index is 11.5. The molecule has 0 atom stereocenters. The fourth-order valence-electron chi connectivity index (χ4n) is 1.59. The maximum Gasteiger partial charge on any atom is 0.338 e. The molecule has 0 aromatic heterocycles. The molecule has 0 amide bonds. The molecule has 0 unspecified atom stereocenters. The summed E-state index contributed by atoms with van der Waals surface area (Å²) in [5.41, 5.74) is 2.09. The number of esters is 1. The highest BCUT2D eigenvalue weighted by Gasteiger charge is 2.05. The van der Waals surface area contributed by atoms with Crippen LogP contribution in [0.1, 0.15) is 21.5 Å². The van der Waals surface area contributed by atoms with E-state index in [2.05, 4.69) is 11.8 Å². The summed E-state index contributed by atoms with van der Waals surface area (Å²) in [6.07, 6.45) is 0. The number of carbonyl (C=O) groups is 1. The maximum absolute atomic E-state index is 11.5. The number of aliphatic hydroxyl groups excluding tert-OH is 1. The Kier molecular flexibility index (Phi) is 5.39. The Hall–Kier alpha value is -2.28. The molecule has 1 N–H and O–H groups in total. The normalized spacial score (nSPS) is 9.62. The number of carbonyl (C=O) groups excluding carboxylic acids is 1. The predicted octanol–water partition coefficient (Wildman–Crippen LogP) is 2.89. The highest BCUT2D eigenvalue weighted by molar-refractivity contribution is 6.30. The molecule has 0 radical (unpaired) electrons. The van der Waals surface area contributed by atoms with Gasteiger partial charge in [0.25, 0.3) is 0 Å². The van der Waals surface area contributed by atoms with E-state index in [4.69, 9.17) is 21.4 Å². The monoisotopic (exact) mass is 300 g/mol. The van der Waals surface area contributed by atoms with Gasteiger partial charge in [-0.05, 0) is 48.5 Å². The van der Waals surface area contributed by atoms with Crippen LogP contribution in [-0.4, -0.2) is 24.3 Å². The van der Waals surface area contributed by atoms with Gasteiger partial charge in [-0.3, -0.25) is 0 Å². The van der Waals surface area contributed by atoms with Gasteiger partial charge in [-0.1, -0.05) is 23.4 Å². The molecule has 0 spiro atoms. The fraction of sp³-hybridized carbons (Fsp3) is 0.118. The van der Waals surface area contributed by atoms with Crippen molar-refractivity contribution >= 4 is 17.6 Å². The van der Waals surface area contributed by atoms with Gasteiger partial charge in [0.1, 0.15) is 6.61 Å². The van der Waals surface area contributed by atoms with Crippen molar-refractivity contribution in [3.05, 3.63) is 70.2 Å². The Bertz CT molecular complexity index is 664. The first-order valence-corrected chi connectivity index (χ1v) is 6.72. The number of hydrogen-bond donors (Lipinski definition) is 1. The molecule has 0 saturated carbocycles. The SMILES string of the molecule is O=C(OCCO)c1ccc(C#Cc2ccc(Cl)cc2)cc1. The van der Waals surface area contributed by atoms with Gasteiger partial charge in [-0.2, -0.15) is 0 Å². The van der Waals surface area contributed by atoms with Crippen LogP contribution in [-0.2, 0) is 4.74 Å². The van der Waals surface area contributed by atoms with Gasteiger partial charge in [0, 0.05) is 16.1 Å². The smallest absolute Gasteiger partial charge is 0.338 e. The minimum Gasteiger partial charge on any atom is -0.460 e. The summed E-state index contributed by atoms with van der Waals surface area (Å²) >= 11 is 5.80. The van der Waals surface area contributed by atoms with Crippen molar-refractivity contribution in [2.45, 2.75) is 0 Å². The summed E-state index contributed by atoms with van der Waals surface area (Å²) in [4.78, 5) is 11.5. The van der Waals surface area contributed by atoms with E-state index in [1.165, 1.54) is 0 Å². The van der Waals surface area contributed by atoms with Gasteiger partial charge in [0.2, 0.25) is 0 Å². The second-order valence-corrected chi connectivity index (χ2v) is 4.63. The lowest BCUT2D eigenvalue weighted by molar-refractivity contribution is 0.0434. The van der Waals surface area contributed by atoms with Gasteiger partial charge in [0.05, 0.1) is 12.2 Å². The third-order valence-corrected chi connectivity index (χ3v) is 2.89. The van der Waals surface area contributed by atoms with Gasteiger partial charge < -0.3 is 9.84 Å². The Balaban J connectivity index is 2.06. The lowest BCUT2D eigenvalue weighted by Gasteiger charge is -2.02. The summed E-state index contributed by atoms with van der Waals surface area (Å²) < 4.78 is 4.82. The quantitative estimate of drug-likeness (QED) is 0.700. The average Bonchev–Trinajstić information content (AvgIpc) is 2.52. The Morgan fingerprint density at radius 3 is 2.05 bits per heavy atom. The van der Waals surface area contributed by atoms with Crippen LogP contribution in [0.15, 0.2) is 48.5 Å². The minimum atomic E-state index is -0.457. The van der Waals surface area contributed by atoms with E-state index in [-0.39, 0.29) is 13.2 Å². The molecule has 0 aliphatic carbocycles. The van der Waals surface area contributed by atoms with Crippen molar-refractivity contribution < 1.29 is 14.6 Å². The topological polar surface area (TPSA) is 46.5 Å². The largest absolute Gasteiger partial charge is 0.460 e. The van der Waals surface area contributed by atoms with E-state index >= 15 is 0 Å². The second kappa shape index (κ2) is 7.49. The standard InChI is InChI=1S/C17H13ClO3/c18-16-9-5-14(6-10-16)2-1-13-3-7-15(8-4-13)17(20)21-12-11-19/h3-10,19H,11-12H2. The average molecular weight is 301 g/mol. The number of halogens is 1. The van der Waals surface area contributed by atoms with E-state index in [1.807, 2.05) is 12.1 Å². The number of aliphatic hydroxyl groups is 1. The van der Waals surface area contributed by atoms with Crippen LogP contribution in [0.4, 0.5) is 0 Å². The molecular formula is C17H13ClO3. The van der Waals surface area contributed by atoms with Gasteiger partial charge in [-0.25, -0.2) is 4.79 Å². The van der Waals surface area contributed by atoms with Crippen molar-refractivity contribution in [3.8, 4) is 11.8 Å². The zero-order chi connectivity index (χ0) is 15.1. The van der Waals surface area contributed by atoms with Crippen LogP contribution in [0.2, 0.25) is 5.02 Å². The molecule has 4 heteroatoms. The van der Waals surface area contributed by atoms with E-state index in [9.17, 15) is 4.79 Å². The van der Waals surface area contributed by atoms with Crippen molar-refractivity contribution in [2.24, 2.45) is 0 Å². The Labute approximate surface area is 128 Å². The third kappa shape index (κ3) is 4.64. The van der Waals surface area contributed by atoms with Crippen molar-refractivity contribution in [1.82, 2.24) is 0 Å². The van der Waals surface area contributed by atoms with Crippen LogP contribution in [0.25, 0.3) is 0 Å². The molecule has 0 saturated heterocycles. The van der Waals surface area contributed by atoms with Crippen LogP contribution in [0.5, 0.6) is 0 Å². The Morgan fingerprint density at radius 2 is 1.52 bits per heavy atom. The highest BCUT2D eigenvalue weighted by atomic mass is 35.5. The van der Waals surface area contributed by atoms with Crippen LogP contribution >= 0.6 is 11.6 Å². The minimum absolute atomic E-state index is 0.00302. The van der Waals surface area contributed by atoms with E-state index < -0.39 is 5.97 Å². The highest BCUT2D eigenvalue weighted by Crippen LogP contribution is 2.09. The van der Waals surface area contributed by atoms with E-state index in [1.54, 1.807) is 36.4 Å². The molecule has 21 heavy (non-hydrogen) atoms. The first-order valence-electron chi connectivity index (χ1n) is 6.34. The van der Waals surface area contributed by atoms with Gasteiger partial charge in [0.15, 0.2) is 0 Å². The second-order valence-electron chi connectivity index (χ2n) is 4.19. The molecule has 2 rings (SSSR count). The number of rotatable bonds is 3. The fourth-order valence-corrected chi connectivity index (χ4v) is 1.71. The summed E-state index contributed by atoms with van der Waals surface area (Å²) in [7, 11) is 0. The lowest BCUT2D eigenvalue weighted by Crippen LogP contribution is -2.08. The zero-order valence-corrected chi connectivity index (χ0v) is 11.9. The van der Waals surface area contributed by atoms with Crippen molar-refractivity contribution in [1.29, 1.82) is 0 Å². The summed E-state index contributed by atoms with van der Waals surface area (Å²) in [6.45, 7) is -0.187. The number of benzene rings is 2. The zero-order valence-electron chi connectivity index (χ0n) is 11.2. The molecule has 0 heterocycles. The predicted molar refractivity (Wildman–Crippen MR) is 81.2 cm³/mol. The summed E-state index contributed by atoms with van der Waals surface area (Å²) in [5, 5.41) is 9.27. The van der Waals surface area contributed by atoms with E-state index in [0.29, 0.717) is 10.6 Å². The summed E-state index contributed by atoms with van der Waals surface area (Å²) in [6, 6.07) is 14.0. The molecule has 2 aromatic carbocycles. The third-order valence-electron chi connectivity index (χ3n) is 2.64. The molecule has 0 fully saturated rings. The van der Waals surface area contributed by atoms with Gasteiger partial charge in [-0.15, -0.1) is 0 Å². The molecule has 0 bridgehead atoms. The van der Waals surface area contributed by atoms with Crippen molar-refractivity contribution in [3.63, 3.8) is 0 Å². The first kappa shape index (κ1) is 15.1. The molecule has 2 aromatic rings. The molecule has 0 aliphatic heterocycles. The molecule has 106 valence electrons. The van der Waals surface area contributed by atoms with E-state index in [0.717, 1.165) is 11.1 Å². The molecule has 3 nitrogen and oxygen atoms in total. The van der Waals surface area contributed by atoms with Crippen LogP contribution in [0, 0.1) is 11.8 Å². The lowest BCUT2D eigenvalue weighted by atomic mass is 10.1. The molecular weight excluding hydrogens is 288 g/mol. The van der Waals surface area contributed by atoms with Crippen LogP contribution in [0.3, 0.4) is 0 Å². The number of ether oxygens (including phenoxy) is 1. The van der Waals surface area contributed by atoms with Crippen molar-refractivity contribution in [2.75, 3.05) is 13.2 Å².